The molecule has 3 rings (SSSR count). The molecule has 1 amide bonds. The number of carbonyl (C=O) groups excluding carboxylic acids is 2. The van der Waals surface area contributed by atoms with E-state index in [1.54, 1.807) is 48.6 Å². The SMILES string of the molecule is O=C(C=Cc1ccccc1)c1ccc(NC(=O)c2ccccc2)cc1. The molecule has 1 N–H and O–H groups in total. The predicted octanol–water partition coefficient (Wildman–Crippen LogP) is 4.84. The minimum atomic E-state index is -0.177. The van der Waals surface area contributed by atoms with Crippen LogP contribution in [0.1, 0.15) is 26.3 Å². The number of benzene rings is 3. The van der Waals surface area contributed by atoms with Gasteiger partial charge in [0.05, 0.1) is 0 Å². The van der Waals surface area contributed by atoms with E-state index in [9.17, 15) is 9.59 Å². The van der Waals surface area contributed by atoms with Crippen molar-refractivity contribution in [2.24, 2.45) is 0 Å². The van der Waals surface area contributed by atoms with Crippen molar-refractivity contribution >= 4 is 23.5 Å². The number of rotatable bonds is 5. The molecule has 0 aliphatic heterocycles. The van der Waals surface area contributed by atoms with Gasteiger partial charge in [0.15, 0.2) is 5.78 Å². The molecule has 0 saturated heterocycles. The number of anilines is 1. The summed E-state index contributed by atoms with van der Waals surface area (Å²) in [6.45, 7) is 0. The lowest BCUT2D eigenvalue weighted by atomic mass is 10.1. The molecule has 122 valence electrons. The number of hydrogen-bond acceptors (Lipinski definition) is 2. The Hall–Kier alpha value is -3.46. The van der Waals surface area contributed by atoms with Crippen LogP contribution in [0.15, 0.2) is 91.0 Å². The summed E-state index contributed by atoms with van der Waals surface area (Å²) in [5, 5.41) is 2.81. The van der Waals surface area contributed by atoms with Crippen molar-refractivity contribution in [3.8, 4) is 0 Å². The van der Waals surface area contributed by atoms with Gasteiger partial charge in [0.2, 0.25) is 0 Å². The van der Waals surface area contributed by atoms with E-state index >= 15 is 0 Å². The summed E-state index contributed by atoms with van der Waals surface area (Å²) in [4.78, 5) is 24.3. The normalized spacial score (nSPS) is 10.6. The van der Waals surface area contributed by atoms with Crippen molar-refractivity contribution < 1.29 is 9.59 Å². The first kappa shape index (κ1) is 16.4. The average molecular weight is 327 g/mol. The third-order valence-electron chi connectivity index (χ3n) is 3.69. The lowest BCUT2D eigenvalue weighted by Crippen LogP contribution is -2.11. The summed E-state index contributed by atoms with van der Waals surface area (Å²) in [6, 6.07) is 25.5. The van der Waals surface area contributed by atoms with Crippen LogP contribution in [0.25, 0.3) is 6.08 Å². The Bertz CT molecular complexity index is 882. The van der Waals surface area contributed by atoms with Crippen LogP contribution in [0.4, 0.5) is 5.69 Å². The number of allylic oxidation sites excluding steroid dienone is 1. The molecule has 0 unspecified atom stereocenters. The number of nitrogens with one attached hydrogen (secondary N) is 1. The van der Waals surface area contributed by atoms with E-state index in [4.69, 9.17) is 0 Å². The minimum absolute atomic E-state index is 0.0789. The van der Waals surface area contributed by atoms with Crippen molar-refractivity contribution in [2.45, 2.75) is 0 Å². The maximum Gasteiger partial charge on any atom is 0.255 e. The molecule has 0 aliphatic rings. The summed E-state index contributed by atoms with van der Waals surface area (Å²) < 4.78 is 0. The molecule has 0 aromatic heterocycles. The van der Waals surface area contributed by atoms with Gasteiger partial charge in [0.25, 0.3) is 5.91 Å². The monoisotopic (exact) mass is 327 g/mol. The Balaban J connectivity index is 1.65. The van der Waals surface area contributed by atoms with Gasteiger partial charge in [-0.15, -0.1) is 0 Å². The quantitative estimate of drug-likeness (QED) is 0.538. The molecule has 0 radical (unpaired) electrons. The highest BCUT2D eigenvalue weighted by atomic mass is 16.1. The zero-order valence-electron chi connectivity index (χ0n) is 13.6. The number of hydrogen-bond donors (Lipinski definition) is 1. The van der Waals surface area contributed by atoms with Crippen molar-refractivity contribution in [3.63, 3.8) is 0 Å². The van der Waals surface area contributed by atoms with Crippen LogP contribution in [0.2, 0.25) is 0 Å². The molecule has 0 spiro atoms. The van der Waals surface area contributed by atoms with Crippen LogP contribution >= 0.6 is 0 Å². The lowest BCUT2D eigenvalue weighted by Gasteiger charge is -2.05. The Labute approximate surface area is 146 Å². The Morgan fingerprint density at radius 1 is 0.680 bits per heavy atom. The fraction of sp³-hybridized carbons (Fsp3) is 0. The first-order valence-corrected chi connectivity index (χ1v) is 7.96. The highest BCUT2D eigenvalue weighted by molar-refractivity contribution is 6.07. The highest BCUT2D eigenvalue weighted by Gasteiger charge is 2.06. The fourth-order valence-corrected chi connectivity index (χ4v) is 2.34. The number of amides is 1. The van der Waals surface area contributed by atoms with Crippen LogP contribution in [0, 0.1) is 0 Å². The molecule has 0 saturated carbocycles. The molecule has 0 atom stereocenters. The largest absolute Gasteiger partial charge is 0.322 e. The Kier molecular flexibility index (Phi) is 5.17. The number of carbonyl (C=O) groups is 2. The summed E-state index contributed by atoms with van der Waals surface area (Å²) >= 11 is 0. The summed E-state index contributed by atoms with van der Waals surface area (Å²) in [7, 11) is 0. The van der Waals surface area contributed by atoms with Gasteiger partial charge in [0, 0.05) is 16.8 Å². The van der Waals surface area contributed by atoms with Crippen LogP contribution in [0.5, 0.6) is 0 Å². The van der Waals surface area contributed by atoms with E-state index < -0.39 is 0 Å². The number of ketones is 1. The summed E-state index contributed by atoms with van der Waals surface area (Å²) in [6.07, 6.45) is 3.33. The first-order valence-electron chi connectivity index (χ1n) is 7.96. The zero-order valence-corrected chi connectivity index (χ0v) is 13.6. The van der Waals surface area contributed by atoms with E-state index in [0.717, 1.165) is 5.56 Å². The van der Waals surface area contributed by atoms with E-state index in [1.807, 2.05) is 48.5 Å². The molecular weight excluding hydrogens is 310 g/mol. The highest BCUT2D eigenvalue weighted by Crippen LogP contribution is 2.13. The van der Waals surface area contributed by atoms with Crippen molar-refractivity contribution in [2.75, 3.05) is 5.32 Å². The van der Waals surface area contributed by atoms with Gasteiger partial charge in [-0.2, -0.15) is 0 Å². The van der Waals surface area contributed by atoms with Gasteiger partial charge >= 0.3 is 0 Å². The minimum Gasteiger partial charge on any atom is -0.322 e. The molecule has 3 nitrogen and oxygen atoms in total. The van der Waals surface area contributed by atoms with Gasteiger partial charge in [-0.1, -0.05) is 54.6 Å². The van der Waals surface area contributed by atoms with Crippen molar-refractivity contribution in [1.82, 2.24) is 0 Å². The van der Waals surface area contributed by atoms with E-state index in [-0.39, 0.29) is 11.7 Å². The molecule has 0 heterocycles. The van der Waals surface area contributed by atoms with Gasteiger partial charge in [0.1, 0.15) is 0 Å². The molecule has 3 aromatic rings. The molecule has 3 heteroatoms. The smallest absolute Gasteiger partial charge is 0.255 e. The van der Waals surface area contributed by atoms with Crippen LogP contribution in [-0.2, 0) is 0 Å². The average Bonchev–Trinajstić information content (AvgIpc) is 2.68. The van der Waals surface area contributed by atoms with Gasteiger partial charge in [-0.3, -0.25) is 9.59 Å². The summed E-state index contributed by atoms with van der Waals surface area (Å²) in [5.74, 6) is -0.256. The lowest BCUT2D eigenvalue weighted by molar-refractivity contribution is 0.102. The maximum atomic E-state index is 12.2. The van der Waals surface area contributed by atoms with E-state index in [1.165, 1.54) is 0 Å². The summed E-state index contributed by atoms with van der Waals surface area (Å²) in [5.41, 5.74) is 2.79. The van der Waals surface area contributed by atoms with Crippen LogP contribution in [0.3, 0.4) is 0 Å². The topological polar surface area (TPSA) is 46.2 Å². The third kappa shape index (κ3) is 4.52. The second-order valence-corrected chi connectivity index (χ2v) is 5.51. The standard InChI is InChI=1S/C22H17NO2/c24-21(16-11-17-7-3-1-4-8-17)18-12-14-20(15-13-18)23-22(25)19-9-5-2-6-10-19/h1-16H,(H,23,25). The van der Waals surface area contributed by atoms with Crippen LogP contribution in [-0.4, -0.2) is 11.7 Å². The molecule has 0 aliphatic carbocycles. The first-order chi connectivity index (χ1) is 12.2. The third-order valence-corrected chi connectivity index (χ3v) is 3.69. The molecule has 3 aromatic carbocycles. The van der Waals surface area contributed by atoms with Crippen molar-refractivity contribution in [1.29, 1.82) is 0 Å². The fourth-order valence-electron chi connectivity index (χ4n) is 2.34. The predicted molar refractivity (Wildman–Crippen MR) is 101 cm³/mol. The van der Waals surface area contributed by atoms with Gasteiger partial charge < -0.3 is 5.32 Å². The van der Waals surface area contributed by atoms with E-state index in [0.29, 0.717) is 16.8 Å². The Morgan fingerprint density at radius 3 is 1.92 bits per heavy atom. The maximum absolute atomic E-state index is 12.2. The molecule has 0 fully saturated rings. The second kappa shape index (κ2) is 7.88. The zero-order chi connectivity index (χ0) is 17.5. The molecule has 25 heavy (non-hydrogen) atoms. The van der Waals surface area contributed by atoms with Gasteiger partial charge in [-0.25, -0.2) is 0 Å². The molecule has 0 bridgehead atoms. The second-order valence-electron chi connectivity index (χ2n) is 5.51. The van der Waals surface area contributed by atoms with Crippen LogP contribution < -0.4 is 5.32 Å². The van der Waals surface area contributed by atoms with Gasteiger partial charge in [-0.05, 0) is 48.0 Å². The Morgan fingerprint density at radius 2 is 1.28 bits per heavy atom. The van der Waals surface area contributed by atoms with Crippen molar-refractivity contribution in [3.05, 3.63) is 108 Å². The molecular formula is C22H17NO2. The van der Waals surface area contributed by atoms with E-state index in [2.05, 4.69) is 5.32 Å².